The molecule has 2 rings (SSSR count). The zero-order chi connectivity index (χ0) is 15.2. The maximum absolute atomic E-state index is 13.7. The predicted molar refractivity (Wildman–Crippen MR) is 77.2 cm³/mol. The summed E-state index contributed by atoms with van der Waals surface area (Å²) in [7, 11) is 0. The summed E-state index contributed by atoms with van der Waals surface area (Å²) >= 11 is 0. The molecule has 2 N–H and O–H groups in total. The lowest BCUT2D eigenvalue weighted by atomic mass is 10.2. The molecule has 1 heterocycles. The van der Waals surface area contributed by atoms with Crippen LogP contribution in [0.4, 0.5) is 4.39 Å². The fourth-order valence-corrected chi connectivity index (χ4v) is 2.46. The molecule has 0 unspecified atom stereocenters. The molecule has 5 nitrogen and oxygen atoms in total. The van der Waals surface area contributed by atoms with Crippen molar-refractivity contribution in [3.8, 4) is 0 Å². The Morgan fingerprint density at radius 1 is 1.10 bits per heavy atom. The summed E-state index contributed by atoms with van der Waals surface area (Å²) in [6.45, 7) is 2.36. The van der Waals surface area contributed by atoms with E-state index in [9.17, 15) is 14.0 Å². The molecule has 6 heteroatoms. The fraction of sp³-hybridized carbons (Fsp3) is 0.467. The second kappa shape index (κ2) is 7.17. The highest BCUT2D eigenvalue weighted by molar-refractivity contribution is 5.94. The van der Waals surface area contributed by atoms with Gasteiger partial charge in [0.2, 0.25) is 5.91 Å². The van der Waals surface area contributed by atoms with Gasteiger partial charge in [-0.2, -0.15) is 0 Å². The predicted octanol–water partition coefficient (Wildman–Crippen LogP) is 0.849. The first-order chi connectivity index (χ1) is 10.1. The Hall–Kier alpha value is -1.95. The van der Waals surface area contributed by atoms with Crippen molar-refractivity contribution in [1.29, 1.82) is 0 Å². The van der Waals surface area contributed by atoms with E-state index >= 15 is 0 Å². The molecule has 1 aromatic carbocycles. The number of carbonyl (C=O) groups is 2. The third kappa shape index (κ3) is 3.78. The van der Waals surface area contributed by atoms with Crippen molar-refractivity contribution < 1.29 is 14.0 Å². The summed E-state index contributed by atoms with van der Waals surface area (Å²) in [5.74, 6) is -0.818. The molecule has 2 amide bonds. The van der Waals surface area contributed by atoms with E-state index in [0.29, 0.717) is 45.6 Å². The van der Waals surface area contributed by atoms with E-state index < -0.39 is 5.82 Å². The lowest BCUT2D eigenvalue weighted by Crippen LogP contribution is -2.38. The van der Waals surface area contributed by atoms with Crippen molar-refractivity contribution in [2.45, 2.75) is 12.8 Å². The quantitative estimate of drug-likeness (QED) is 0.898. The Morgan fingerprint density at radius 2 is 1.76 bits per heavy atom. The van der Waals surface area contributed by atoms with Crippen LogP contribution in [-0.4, -0.2) is 54.3 Å². The normalized spacial score (nSPS) is 15.7. The third-order valence-electron chi connectivity index (χ3n) is 3.60. The Balaban J connectivity index is 2.01. The molecule has 21 heavy (non-hydrogen) atoms. The van der Waals surface area contributed by atoms with Gasteiger partial charge < -0.3 is 15.5 Å². The minimum absolute atomic E-state index is 0.0118. The molecule has 0 spiro atoms. The first kappa shape index (κ1) is 15.4. The Labute approximate surface area is 123 Å². The number of nitrogens with zero attached hydrogens (tertiary/aromatic N) is 2. The number of amides is 2. The van der Waals surface area contributed by atoms with Gasteiger partial charge in [-0.1, -0.05) is 12.1 Å². The van der Waals surface area contributed by atoms with Gasteiger partial charge in [-0.25, -0.2) is 4.39 Å². The van der Waals surface area contributed by atoms with Crippen molar-refractivity contribution in [2.75, 3.05) is 32.7 Å². The standard InChI is InChI=1S/C15H20FN3O2/c16-13-5-2-1-4-12(13)15(21)19-9-3-8-18(10-11-19)14(20)6-7-17/h1-2,4-5H,3,6-11,17H2. The van der Waals surface area contributed by atoms with Crippen molar-refractivity contribution in [3.63, 3.8) is 0 Å². The van der Waals surface area contributed by atoms with Crippen LogP contribution >= 0.6 is 0 Å². The van der Waals surface area contributed by atoms with E-state index in [0.717, 1.165) is 0 Å². The molecule has 0 saturated carbocycles. The van der Waals surface area contributed by atoms with E-state index in [4.69, 9.17) is 5.73 Å². The molecule has 1 aromatic rings. The molecular weight excluding hydrogens is 273 g/mol. The third-order valence-corrected chi connectivity index (χ3v) is 3.60. The monoisotopic (exact) mass is 293 g/mol. The van der Waals surface area contributed by atoms with Crippen LogP contribution < -0.4 is 5.73 Å². The molecule has 0 bridgehead atoms. The Morgan fingerprint density at radius 3 is 2.48 bits per heavy atom. The number of hydrogen-bond acceptors (Lipinski definition) is 3. The zero-order valence-corrected chi connectivity index (χ0v) is 11.9. The Bertz CT molecular complexity index is 521. The number of benzene rings is 1. The average molecular weight is 293 g/mol. The lowest BCUT2D eigenvalue weighted by molar-refractivity contribution is -0.130. The first-order valence-electron chi connectivity index (χ1n) is 7.15. The summed E-state index contributed by atoms with van der Waals surface area (Å²) in [4.78, 5) is 27.5. The molecule has 0 atom stereocenters. The van der Waals surface area contributed by atoms with Crippen LogP contribution in [0.5, 0.6) is 0 Å². The second-order valence-corrected chi connectivity index (χ2v) is 5.05. The number of halogens is 1. The van der Waals surface area contributed by atoms with Crippen LogP contribution in [0.2, 0.25) is 0 Å². The number of nitrogens with two attached hydrogens (primary N) is 1. The van der Waals surface area contributed by atoms with Crippen LogP contribution in [0.15, 0.2) is 24.3 Å². The van der Waals surface area contributed by atoms with Crippen LogP contribution in [0.3, 0.4) is 0 Å². The van der Waals surface area contributed by atoms with Crippen molar-refractivity contribution >= 4 is 11.8 Å². The van der Waals surface area contributed by atoms with Crippen LogP contribution in [0, 0.1) is 5.82 Å². The highest BCUT2D eigenvalue weighted by Crippen LogP contribution is 2.13. The van der Waals surface area contributed by atoms with Gasteiger partial charge in [0.25, 0.3) is 5.91 Å². The molecule has 1 fully saturated rings. The lowest BCUT2D eigenvalue weighted by Gasteiger charge is -2.22. The van der Waals surface area contributed by atoms with Crippen molar-refractivity contribution in [2.24, 2.45) is 5.73 Å². The summed E-state index contributed by atoms with van der Waals surface area (Å²) in [5, 5.41) is 0. The van der Waals surface area contributed by atoms with Gasteiger partial charge in [0.1, 0.15) is 5.82 Å². The molecule has 0 aliphatic carbocycles. The van der Waals surface area contributed by atoms with Gasteiger partial charge in [-0.3, -0.25) is 9.59 Å². The minimum Gasteiger partial charge on any atom is -0.341 e. The van der Waals surface area contributed by atoms with Gasteiger partial charge >= 0.3 is 0 Å². The maximum atomic E-state index is 13.7. The van der Waals surface area contributed by atoms with Crippen molar-refractivity contribution in [1.82, 2.24) is 9.80 Å². The topological polar surface area (TPSA) is 66.6 Å². The van der Waals surface area contributed by atoms with E-state index in [2.05, 4.69) is 0 Å². The van der Waals surface area contributed by atoms with Gasteiger partial charge in [0.15, 0.2) is 0 Å². The summed E-state index contributed by atoms with van der Waals surface area (Å²) < 4.78 is 13.7. The molecule has 0 aromatic heterocycles. The number of hydrogen-bond donors (Lipinski definition) is 1. The van der Waals surface area contributed by atoms with E-state index in [1.165, 1.54) is 12.1 Å². The van der Waals surface area contributed by atoms with E-state index in [1.807, 2.05) is 0 Å². The minimum atomic E-state index is -0.511. The number of rotatable bonds is 3. The number of carbonyl (C=O) groups excluding carboxylic acids is 2. The van der Waals surface area contributed by atoms with Crippen molar-refractivity contribution in [3.05, 3.63) is 35.6 Å². The first-order valence-corrected chi connectivity index (χ1v) is 7.15. The largest absolute Gasteiger partial charge is 0.341 e. The van der Waals surface area contributed by atoms with Gasteiger partial charge in [0.05, 0.1) is 5.56 Å². The van der Waals surface area contributed by atoms with E-state index in [1.54, 1.807) is 21.9 Å². The average Bonchev–Trinajstić information content (AvgIpc) is 2.73. The van der Waals surface area contributed by atoms with Gasteiger partial charge in [-0.05, 0) is 18.6 Å². The summed E-state index contributed by atoms with van der Waals surface area (Å²) in [6.07, 6.45) is 1.01. The highest BCUT2D eigenvalue weighted by atomic mass is 19.1. The molecule has 1 aliphatic heterocycles. The highest BCUT2D eigenvalue weighted by Gasteiger charge is 2.23. The molecule has 114 valence electrons. The molecular formula is C15H20FN3O2. The molecule has 0 radical (unpaired) electrons. The maximum Gasteiger partial charge on any atom is 0.256 e. The molecule has 1 aliphatic rings. The van der Waals surface area contributed by atoms with Crippen LogP contribution in [0.25, 0.3) is 0 Å². The van der Waals surface area contributed by atoms with E-state index in [-0.39, 0.29) is 17.4 Å². The second-order valence-electron chi connectivity index (χ2n) is 5.05. The zero-order valence-electron chi connectivity index (χ0n) is 11.9. The smallest absolute Gasteiger partial charge is 0.256 e. The summed E-state index contributed by atoms with van der Waals surface area (Å²) in [6, 6.07) is 5.97. The fourth-order valence-electron chi connectivity index (χ4n) is 2.46. The van der Waals surface area contributed by atoms with Crippen LogP contribution in [-0.2, 0) is 4.79 Å². The Kier molecular flexibility index (Phi) is 5.27. The van der Waals surface area contributed by atoms with Gasteiger partial charge in [0, 0.05) is 39.1 Å². The van der Waals surface area contributed by atoms with Gasteiger partial charge in [-0.15, -0.1) is 0 Å². The summed E-state index contributed by atoms with van der Waals surface area (Å²) in [5.41, 5.74) is 5.47. The molecule has 1 saturated heterocycles. The van der Waals surface area contributed by atoms with Crippen LogP contribution in [0.1, 0.15) is 23.2 Å². The SMILES string of the molecule is NCCC(=O)N1CCCN(C(=O)c2ccccc2F)CC1.